The van der Waals surface area contributed by atoms with E-state index in [1.54, 1.807) is 23.9 Å². The first-order valence-corrected chi connectivity index (χ1v) is 13.3. The molecule has 6 nitrogen and oxygen atoms in total. The predicted octanol–water partition coefficient (Wildman–Crippen LogP) is 7.65. The van der Waals surface area contributed by atoms with Gasteiger partial charge in [0.1, 0.15) is 22.5 Å². The van der Waals surface area contributed by atoms with Gasteiger partial charge in [0.15, 0.2) is 0 Å². The molecule has 0 spiro atoms. The maximum Gasteiger partial charge on any atom is 0.338 e. The highest BCUT2D eigenvalue weighted by atomic mass is 16.5. The third kappa shape index (κ3) is 5.75. The number of hydrogen-bond acceptors (Lipinski definition) is 5. The van der Waals surface area contributed by atoms with Crippen LogP contribution in [0, 0.1) is 5.41 Å². The summed E-state index contributed by atoms with van der Waals surface area (Å²) < 4.78 is 5.74. The molecule has 0 amide bonds. The van der Waals surface area contributed by atoms with Crippen molar-refractivity contribution in [1.82, 2.24) is 15.0 Å². The largest absolute Gasteiger partial charge is 0.507 e. The Kier molecular flexibility index (Phi) is 7.20. The Bertz CT molecular complexity index is 1520. The van der Waals surface area contributed by atoms with Gasteiger partial charge in [0.2, 0.25) is 0 Å². The lowest BCUT2D eigenvalue weighted by atomic mass is 9.69. The molecule has 6 heteroatoms. The fraction of sp³-hybridized carbons (Fsp3) is 0.364. The molecule has 0 unspecified atom stereocenters. The fourth-order valence-corrected chi connectivity index (χ4v) is 5.56. The molecule has 1 heterocycles. The van der Waals surface area contributed by atoms with Crippen molar-refractivity contribution in [3.8, 4) is 17.2 Å². The first-order chi connectivity index (χ1) is 18.1. The number of phenols is 1. The molecule has 3 aromatic carbocycles. The summed E-state index contributed by atoms with van der Waals surface area (Å²) in [5.74, 6) is 0.0657. The van der Waals surface area contributed by atoms with Crippen LogP contribution in [0.5, 0.6) is 11.5 Å². The number of phenolic OH excluding ortho intramolecular Hbond substituents is 1. The van der Waals surface area contributed by atoms with Crippen LogP contribution < -0.4 is 4.74 Å². The van der Waals surface area contributed by atoms with E-state index in [-0.39, 0.29) is 11.2 Å². The van der Waals surface area contributed by atoms with E-state index in [2.05, 4.69) is 55.0 Å². The summed E-state index contributed by atoms with van der Waals surface area (Å²) in [5, 5.41) is 21.3. The number of benzene rings is 3. The van der Waals surface area contributed by atoms with Gasteiger partial charge in [-0.05, 0) is 60.1 Å². The second kappa shape index (κ2) is 9.99. The summed E-state index contributed by atoms with van der Waals surface area (Å²) in [6, 6.07) is 19.2. The Balaban J connectivity index is 1.93. The monoisotopic (exact) mass is 525 g/mol. The van der Waals surface area contributed by atoms with E-state index in [0.29, 0.717) is 16.9 Å². The molecular weight excluding hydrogens is 486 g/mol. The van der Waals surface area contributed by atoms with Crippen molar-refractivity contribution in [2.75, 3.05) is 0 Å². The second-order valence-corrected chi connectivity index (χ2v) is 12.8. The number of carbonyl (C=O) groups is 1. The van der Waals surface area contributed by atoms with E-state index < -0.39 is 16.8 Å². The van der Waals surface area contributed by atoms with Crippen LogP contribution in [0.4, 0.5) is 0 Å². The highest BCUT2D eigenvalue weighted by Gasteiger charge is 2.36. The van der Waals surface area contributed by atoms with Crippen molar-refractivity contribution in [1.29, 1.82) is 0 Å². The lowest BCUT2D eigenvalue weighted by Crippen LogP contribution is -2.27. The van der Waals surface area contributed by atoms with E-state index in [4.69, 9.17) is 14.9 Å². The van der Waals surface area contributed by atoms with Gasteiger partial charge in [-0.1, -0.05) is 85.4 Å². The Morgan fingerprint density at radius 1 is 0.872 bits per heavy atom. The topological polar surface area (TPSA) is 77.2 Å². The minimum atomic E-state index is -0.710. The molecule has 0 aliphatic carbocycles. The van der Waals surface area contributed by atoms with Crippen molar-refractivity contribution >= 4 is 17.0 Å². The number of aromatic hydroxyl groups is 1. The lowest BCUT2D eigenvalue weighted by Gasteiger charge is -2.36. The molecule has 0 fully saturated rings. The molecule has 1 N–H and O–H groups in total. The van der Waals surface area contributed by atoms with Gasteiger partial charge in [0.25, 0.3) is 0 Å². The Morgan fingerprint density at radius 2 is 1.41 bits per heavy atom. The van der Waals surface area contributed by atoms with Crippen LogP contribution in [-0.4, -0.2) is 26.1 Å². The van der Waals surface area contributed by atoms with Crippen LogP contribution in [-0.2, 0) is 15.6 Å². The Labute approximate surface area is 231 Å². The SMILES string of the molecule is C=C(C)C(=O)Oc1cc(C(C)(C)CC(C)(C)C)c(O)c(C(C)(C)c2ccccc2-n2nc3ccccc3n2)c1. The van der Waals surface area contributed by atoms with Gasteiger partial charge in [0, 0.05) is 22.1 Å². The molecule has 0 aliphatic rings. The Hall–Kier alpha value is -3.93. The molecule has 0 aliphatic heterocycles. The van der Waals surface area contributed by atoms with Crippen molar-refractivity contribution in [2.24, 2.45) is 5.41 Å². The van der Waals surface area contributed by atoms with Crippen LogP contribution in [0.2, 0.25) is 0 Å². The fourth-order valence-electron chi connectivity index (χ4n) is 5.56. The van der Waals surface area contributed by atoms with Crippen LogP contribution in [0.15, 0.2) is 72.8 Å². The van der Waals surface area contributed by atoms with Crippen molar-refractivity contribution in [3.05, 3.63) is 89.5 Å². The van der Waals surface area contributed by atoms with Crippen molar-refractivity contribution in [3.63, 3.8) is 0 Å². The van der Waals surface area contributed by atoms with Crippen LogP contribution in [0.25, 0.3) is 16.7 Å². The van der Waals surface area contributed by atoms with Gasteiger partial charge in [0.05, 0.1) is 5.69 Å². The molecular formula is C33H39N3O3. The van der Waals surface area contributed by atoms with Gasteiger partial charge in [-0.15, -0.1) is 10.2 Å². The number of fused-ring (bicyclic) bond motifs is 1. The standard InChI is InChI=1S/C33H39N3O3/c1-21(2)30(38)39-22-18-24(32(6,7)20-31(3,4)5)29(37)25(19-22)33(8,9)23-14-10-13-17-28(23)36-34-26-15-11-12-16-27(26)35-36/h10-19,37H,1,20H2,2-9H3. The number of para-hydroxylation sites is 1. The van der Waals surface area contributed by atoms with Crippen LogP contribution in [0.3, 0.4) is 0 Å². The zero-order valence-corrected chi connectivity index (χ0v) is 24.3. The van der Waals surface area contributed by atoms with E-state index >= 15 is 0 Å². The third-order valence-corrected chi connectivity index (χ3v) is 7.10. The van der Waals surface area contributed by atoms with Gasteiger partial charge < -0.3 is 9.84 Å². The molecule has 204 valence electrons. The van der Waals surface area contributed by atoms with E-state index in [0.717, 1.165) is 34.3 Å². The molecule has 0 saturated heterocycles. The first kappa shape index (κ1) is 28.1. The van der Waals surface area contributed by atoms with Gasteiger partial charge >= 0.3 is 5.97 Å². The lowest BCUT2D eigenvalue weighted by molar-refractivity contribution is -0.130. The minimum Gasteiger partial charge on any atom is -0.507 e. The maximum absolute atomic E-state index is 12.5. The molecule has 0 atom stereocenters. The molecule has 4 rings (SSSR count). The number of aromatic nitrogens is 3. The minimum absolute atomic E-state index is 0.0103. The number of carbonyl (C=O) groups excluding carboxylic acids is 1. The zero-order valence-electron chi connectivity index (χ0n) is 24.3. The van der Waals surface area contributed by atoms with Gasteiger partial charge in [-0.25, -0.2) is 4.79 Å². The van der Waals surface area contributed by atoms with Crippen LogP contribution in [0.1, 0.15) is 78.5 Å². The molecule has 39 heavy (non-hydrogen) atoms. The smallest absolute Gasteiger partial charge is 0.338 e. The second-order valence-electron chi connectivity index (χ2n) is 12.8. The number of rotatable bonds is 7. The maximum atomic E-state index is 12.5. The number of hydrogen-bond donors (Lipinski definition) is 1. The van der Waals surface area contributed by atoms with Crippen molar-refractivity contribution in [2.45, 2.75) is 72.6 Å². The third-order valence-electron chi connectivity index (χ3n) is 7.10. The zero-order chi connectivity index (χ0) is 28.8. The predicted molar refractivity (Wildman–Crippen MR) is 157 cm³/mol. The molecule has 1 aromatic heterocycles. The summed E-state index contributed by atoms with van der Waals surface area (Å²) in [6.07, 6.45) is 0.811. The number of ether oxygens (including phenoxy) is 1. The van der Waals surface area contributed by atoms with Gasteiger partial charge in [-0.2, -0.15) is 4.80 Å². The molecule has 0 radical (unpaired) electrons. The van der Waals surface area contributed by atoms with E-state index in [1.165, 1.54) is 0 Å². The highest BCUT2D eigenvalue weighted by molar-refractivity contribution is 5.89. The highest BCUT2D eigenvalue weighted by Crippen LogP contribution is 2.48. The van der Waals surface area contributed by atoms with Gasteiger partial charge in [-0.3, -0.25) is 0 Å². The average molecular weight is 526 g/mol. The molecule has 0 saturated carbocycles. The summed E-state index contributed by atoms with van der Waals surface area (Å²) in [7, 11) is 0. The average Bonchev–Trinajstić information content (AvgIpc) is 3.27. The van der Waals surface area contributed by atoms with Crippen LogP contribution >= 0.6 is 0 Å². The Morgan fingerprint density at radius 3 is 1.97 bits per heavy atom. The van der Waals surface area contributed by atoms with E-state index in [1.807, 2.05) is 48.5 Å². The normalized spacial score (nSPS) is 12.5. The first-order valence-electron chi connectivity index (χ1n) is 13.3. The summed E-state index contributed by atoms with van der Waals surface area (Å²) in [4.78, 5) is 14.2. The van der Waals surface area contributed by atoms with Crippen molar-refractivity contribution < 1.29 is 14.6 Å². The van der Waals surface area contributed by atoms with E-state index in [9.17, 15) is 9.90 Å². The molecule has 4 aromatic rings. The summed E-state index contributed by atoms with van der Waals surface area (Å²) in [6.45, 7) is 20.2. The summed E-state index contributed by atoms with van der Waals surface area (Å²) >= 11 is 0. The molecule has 0 bridgehead atoms. The number of esters is 1. The number of nitrogens with zero attached hydrogens (tertiary/aromatic N) is 3. The quantitative estimate of drug-likeness (QED) is 0.152. The summed E-state index contributed by atoms with van der Waals surface area (Å²) in [5.41, 5.74) is 3.90.